The number of anilines is 1. The molecule has 1 aromatic rings. The van der Waals surface area contributed by atoms with Crippen LogP contribution in [0.25, 0.3) is 0 Å². The second-order valence-corrected chi connectivity index (χ2v) is 6.90. The van der Waals surface area contributed by atoms with Crippen LogP contribution in [0.15, 0.2) is 0 Å². The van der Waals surface area contributed by atoms with Gasteiger partial charge in [0.25, 0.3) is 0 Å². The lowest BCUT2D eigenvalue weighted by molar-refractivity contribution is -0.122. The molecule has 0 spiro atoms. The Morgan fingerprint density at radius 3 is 2.70 bits per heavy atom. The molecule has 0 saturated heterocycles. The lowest BCUT2D eigenvalue weighted by Gasteiger charge is -2.36. The fourth-order valence-corrected chi connectivity index (χ4v) is 3.25. The minimum absolute atomic E-state index is 0. The van der Waals surface area contributed by atoms with Gasteiger partial charge in [-0.05, 0) is 19.8 Å². The minimum Gasteiger partial charge on any atom is -0.325 e. The number of halogens is 1. The molecule has 0 aliphatic heterocycles. The molecule has 1 amide bonds. The number of carbonyl (C=O) groups excluding carboxylic acids is 1. The van der Waals surface area contributed by atoms with Crippen molar-refractivity contribution in [2.75, 3.05) is 5.32 Å². The van der Waals surface area contributed by atoms with E-state index in [4.69, 9.17) is 5.73 Å². The monoisotopic (exact) mass is 318 g/mol. The number of nitrogens with zero attached hydrogens (tertiary/aromatic N) is 2. The van der Waals surface area contributed by atoms with Crippen LogP contribution in [0, 0.1) is 5.92 Å². The Morgan fingerprint density at radius 2 is 2.15 bits per heavy atom. The van der Waals surface area contributed by atoms with Crippen LogP contribution >= 0.6 is 23.7 Å². The van der Waals surface area contributed by atoms with Gasteiger partial charge in [-0.2, -0.15) is 0 Å². The first-order valence-electron chi connectivity index (χ1n) is 6.83. The summed E-state index contributed by atoms with van der Waals surface area (Å²) < 4.78 is 0. The summed E-state index contributed by atoms with van der Waals surface area (Å²) in [6.07, 6.45) is 3.93. The molecule has 5 nitrogen and oxygen atoms in total. The number of hydrogen-bond acceptors (Lipinski definition) is 5. The van der Waals surface area contributed by atoms with Crippen LogP contribution in [0.3, 0.4) is 0 Å². The molecule has 3 N–H and O–H groups in total. The summed E-state index contributed by atoms with van der Waals surface area (Å²) in [7, 11) is 0. The van der Waals surface area contributed by atoms with Crippen LogP contribution in [0.1, 0.15) is 57.4 Å². The highest BCUT2D eigenvalue weighted by Gasteiger charge is 2.38. The van der Waals surface area contributed by atoms with E-state index < -0.39 is 5.54 Å². The molecule has 0 bridgehead atoms. The van der Waals surface area contributed by atoms with Crippen LogP contribution in [0.5, 0.6) is 0 Å². The largest absolute Gasteiger partial charge is 0.325 e. The van der Waals surface area contributed by atoms with Gasteiger partial charge < -0.3 is 11.1 Å². The number of nitrogens with one attached hydrogen (secondary N) is 1. The van der Waals surface area contributed by atoms with Crippen LogP contribution in [0.4, 0.5) is 5.13 Å². The zero-order valence-electron chi connectivity index (χ0n) is 12.2. The van der Waals surface area contributed by atoms with E-state index in [1.54, 1.807) is 0 Å². The minimum atomic E-state index is -0.409. The highest BCUT2D eigenvalue weighted by molar-refractivity contribution is 7.15. The maximum Gasteiger partial charge on any atom is 0.231 e. The van der Waals surface area contributed by atoms with Crippen LogP contribution in [0.2, 0.25) is 0 Å². The zero-order chi connectivity index (χ0) is 14.0. The quantitative estimate of drug-likeness (QED) is 0.897. The first-order valence-corrected chi connectivity index (χ1v) is 7.65. The van der Waals surface area contributed by atoms with Crippen LogP contribution in [-0.2, 0) is 4.79 Å². The van der Waals surface area contributed by atoms with E-state index in [0.717, 1.165) is 30.7 Å². The van der Waals surface area contributed by atoms with Gasteiger partial charge in [0.15, 0.2) is 0 Å². The average molecular weight is 319 g/mol. The van der Waals surface area contributed by atoms with Gasteiger partial charge in [-0.15, -0.1) is 22.6 Å². The molecule has 20 heavy (non-hydrogen) atoms. The lowest BCUT2D eigenvalue weighted by Crippen LogP contribution is -2.51. The summed E-state index contributed by atoms with van der Waals surface area (Å²) in [6.45, 7) is 6.09. The van der Waals surface area contributed by atoms with Crippen molar-refractivity contribution in [3.8, 4) is 0 Å². The van der Waals surface area contributed by atoms with Crippen LogP contribution < -0.4 is 11.1 Å². The summed E-state index contributed by atoms with van der Waals surface area (Å²) in [5.74, 6) is 0.182. The molecule has 1 aliphatic rings. The lowest BCUT2D eigenvalue weighted by atomic mass is 9.74. The average Bonchev–Trinajstić information content (AvgIpc) is 2.76. The number of carbonyl (C=O) groups is 1. The van der Waals surface area contributed by atoms with E-state index >= 15 is 0 Å². The van der Waals surface area contributed by atoms with Gasteiger partial charge in [-0.25, -0.2) is 0 Å². The third-order valence-electron chi connectivity index (χ3n) is 3.74. The Bertz CT molecular complexity index is 461. The fraction of sp³-hybridized carbons (Fsp3) is 0.769. The smallest absolute Gasteiger partial charge is 0.231 e. The van der Waals surface area contributed by atoms with Crippen molar-refractivity contribution in [2.24, 2.45) is 11.7 Å². The molecule has 0 radical (unpaired) electrons. The second kappa shape index (κ2) is 6.83. The van der Waals surface area contributed by atoms with E-state index in [-0.39, 0.29) is 24.2 Å². The Morgan fingerprint density at radius 1 is 1.45 bits per heavy atom. The molecule has 1 aromatic heterocycles. The predicted octanol–water partition coefficient (Wildman–Crippen LogP) is 2.93. The number of aromatic nitrogens is 2. The molecule has 1 saturated carbocycles. The Kier molecular flexibility index (Phi) is 5.91. The highest BCUT2D eigenvalue weighted by Crippen LogP contribution is 2.33. The topological polar surface area (TPSA) is 80.9 Å². The Balaban J connectivity index is 0.00000200. The molecular weight excluding hydrogens is 296 g/mol. The third kappa shape index (κ3) is 3.90. The van der Waals surface area contributed by atoms with Gasteiger partial charge in [0.1, 0.15) is 5.01 Å². The number of nitrogens with two attached hydrogens (primary N) is 1. The standard InChI is InChI=1S/C13H22N4OS.ClH/c1-8(2)11-16-17-12(19-11)15-10(18)9-6-4-5-7-13(9,3)14;/h8-9H,4-7,14H2,1-3H3,(H,15,17,18);1H. The van der Waals surface area contributed by atoms with Gasteiger partial charge in [0, 0.05) is 11.5 Å². The normalized spacial score (nSPS) is 26.1. The Labute approximate surface area is 130 Å². The van der Waals surface area contributed by atoms with Crippen molar-refractivity contribution >= 4 is 34.8 Å². The van der Waals surface area contributed by atoms with Crippen molar-refractivity contribution < 1.29 is 4.79 Å². The van der Waals surface area contributed by atoms with E-state index in [2.05, 4.69) is 29.4 Å². The maximum atomic E-state index is 12.3. The van der Waals surface area contributed by atoms with Gasteiger partial charge >= 0.3 is 0 Å². The first-order chi connectivity index (χ1) is 8.90. The molecule has 1 aliphatic carbocycles. The Hall–Kier alpha value is -0.720. The van der Waals surface area contributed by atoms with Crippen molar-refractivity contribution in [2.45, 2.75) is 57.9 Å². The molecule has 114 valence electrons. The third-order valence-corrected chi connectivity index (χ3v) is 4.87. The van der Waals surface area contributed by atoms with Gasteiger partial charge in [-0.3, -0.25) is 4.79 Å². The maximum absolute atomic E-state index is 12.3. The predicted molar refractivity (Wildman–Crippen MR) is 84.4 cm³/mol. The van der Waals surface area contributed by atoms with Crippen molar-refractivity contribution in [1.29, 1.82) is 0 Å². The zero-order valence-corrected chi connectivity index (χ0v) is 13.8. The van der Waals surface area contributed by atoms with Gasteiger partial charge in [-0.1, -0.05) is 38.0 Å². The molecule has 2 unspecified atom stereocenters. The molecular formula is C13H23ClN4OS. The van der Waals surface area contributed by atoms with Crippen molar-refractivity contribution in [1.82, 2.24) is 10.2 Å². The number of rotatable bonds is 3. The highest BCUT2D eigenvalue weighted by atomic mass is 35.5. The van der Waals surface area contributed by atoms with Gasteiger partial charge in [0.2, 0.25) is 11.0 Å². The van der Waals surface area contributed by atoms with Crippen molar-refractivity contribution in [3.05, 3.63) is 5.01 Å². The fourth-order valence-electron chi connectivity index (χ4n) is 2.50. The number of hydrogen-bond donors (Lipinski definition) is 2. The van der Waals surface area contributed by atoms with E-state index in [9.17, 15) is 4.79 Å². The summed E-state index contributed by atoms with van der Waals surface area (Å²) in [5.41, 5.74) is 5.83. The molecule has 0 aromatic carbocycles. The van der Waals surface area contributed by atoms with Gasteiger partial charge in [0.05, 0.1) is 5.92 Å². The summed E-state index contributed by atoms with van der Waals surface area (Å²) in [5, 5.41) is 12.5. The van der Waals surface area contributed by atoms with E-state index in [1.807, 2.05) is 6.92 Å². The summed E-state index contributed by atoms with van der Waals surface area (Å²) >= 11 is 1.44. The molecule has 7 heteroatoms. The first kappa shape index (κ1) is 17.3. The molecule has 2 atom stereocenters. The van der Waals surface area contributed by atoms with Crippen LogP contribution in [-0.4, -0.2) is 21.6 Å². The SMILES string of the molecule is CC(C)c1nnc(NC(=O)C2CCCCC2(C)N)s1.Cl. The molecule has 1 fully saturated rings. The summed E-state index contributed by atoms with van der Waals surface area (Å²) in [6, 6.07) is 0. The summed E-state index contributed by atoms with van der Waals surface area (Å²) in [4.78, 5) is 12.3. The molecule has 1 heterocycles. The van der Waals surface area contributed by atoms with Crippen molar-refractivity contribution in [3.63, 3.8) is 0 Å². The molecule has 2 rings (SSSR count). The van der Waals surface area contributed by atoms with E-state index in [1.165, 1.54) is 11.3 Å². The van der Waals surface area contributed by atoms with E-state index in [0.29, 0.717) is 11.0 Å². The second-order valence-electron chi connectivity index (χ2n) is 5.89. The number of amides is 1.